The Labute approximate surface area is 155 Å². The van der Waals surface area contributed by atoms with Crippen molar-refractivity contribution in [3.63, 3.8) is 0 Å². The largest absolute Gasteiger partial charge is 0.505 e. The number of fused-ring (bicyclic) bond motifs is 1. The van der Waals surface area contributed by atoms with E-state index < -0.39 is 11.6 Å². The van der Waals surface area contributed by atoms with E-state index >= 15 is 0 Å². The number of phenolic OH excluding ortho intramolecular Hbond substituents is 1. The second-order valence-corrected chi connectivity index (χ2v) is 7.17. The van der Waals surface area contributed by atoms with Crippen molar-refractivity contribution >= 4 is 23.0 Å². The maximum absolute atomic E-state index is 12.1. The molecule has 0 unspecified atom stereocenters. The monoisotopic (exact) mass is 365 g/mol. The van der Waals surface area contributed by atoms with Gasteiger partial charge in [-0.3, -0.25) is 10.1 Å². The molecule has 1 aliphatic rings. The topological polar surface area (TPSA) is 100 Å². The van der Waals surface area contributed by atoms with Crippen molar-refractivity contribution in [2.75, 3.05) is 0 Å². The molecule has 2 aromatic carbocycles. The SMILES string of the molecule is Cc1ccc2nn(-c3cccc(CN4C(=O)NC(=O)C4(C)C)c3O)nc2c1. The van der Waals surface area contributed by atoms with Gasteiger partial charge in [-0.2, -0.15) is 0 Å². The predicted molar refractivity (Wildman–Crippen MR) is 98.4 cm³/mol. The molecule has 1 aromatic heterocycles. The molecule has 0 bridgehead atoms. The van der Waals surface area contributed by atoms with Crippen molar-refractivity contribution in [1.82, 2.24) is 25.2 Å². The van der Waals surface area contributed by atoms with Crippen LogP contribution in [0.2, 0.25) is 0 Å². The highest BCUT2D eigenvalue weighted by atomic mass is 16.3. The second kappa shape index (κ2) is 5.80. The van der Waals surface area contributed by atoms with Crippen molar-refractivity contribution in [2.24, 2.45) is 0 Å². The zero-order valence-corrected chi connectivity index (χ0v) is 15.2. The smallest absolute Gasteiger partial charge is 0.325 e. The Hall–Kier alpha value is -3.42. The lowest BCUT2D eigenvalue weighted by atomic mass is 10.0. The van der Waals surface area contributed by atoms with Gasteiger partial charge >= 0.3 is 6.03 Å². The molecule has 8 heteroatoms. The summed E-state index contributed by atoms with van der Waals surface area (Å²) in [5.41, 5.74) is 2.43. The molecule has 0 aliphatic carbocycles. The van der Waals surface area contributed by atoms with Crippen LogP contribution in [0.15, 0.2) is 36.4 Å². The van der Waals surface area contributed by atoms with Crippen molar-refractivity contribution in [1.29, 1.82) is 0 Å². The minimum absolute atomic E-state index is 0.0301. The fourth-order valence-corrected chi connectivity index (χ4v) is 3.13. The molecule has 0 spiro atoms. The van der Waals surface area contributed by atoms with Crippen LogP contribution >= 0.6 is 0 Å². The molecule has 8 nitrogen and oxygen atoms in total. The standard InChI is InChI=1S/C19H19N5O3/c1-11-7-8-13-14(9-11)22-24(21-13)15-6-4-5-12(16(15)25)10-23-18(27)20-17(26)19(23,2)3/h4-9,25H,10H2,1-3H3,(H,20,26,27). The first-order valence-electron chi connectivity index (χ1n) is 8.55. The van der Waals surface area contributed by atoms with Crippen LogP contribution in [0, 0.1) is 6.92 Å². The number of para-hydroxylation sites is 1. The average Bonchev–Trinajstić information content (AvgIpc) is 3.10. The van der Waals surface area contributed by atoms with Gasteiger partial charge in [0.1, 0.15) is 28.0 Å². The van der Waals surface area contributed by atoms with E-state index in [-0.39, 0.29) is 18.2 Å². The number of aromatic hydroxyl groups is 1. The molecule has 0 saturated carbocycles. The van der Waals surface area contributed by atoms with Gasteiger partial charge in [-0.15, -0.1) is 15.0 Å². The molecular weight excluding hydrogens is 346 g/mol. The maximum atomic E-state index is 12.1. The van der Waals surface area contributed by atoms with Crippen LogP contribution in [0.25, 0.3) is 16.7 Å². The van der Waals surface area contributed by atoms with Gasteiger partial charge in [0.05, 0.1) is 6.54 Å². The van der Waals surface area contributed by atoms with Gasteiger partial charge in [-0.25, -0.2) is 4.79 Å². The number of urea groups is 1. The molecule has 1 saturated heterocycles. The maximum Gasteiger partial charge on any atom is 0.325 e. The number of hydrogen-bond acceptors (Lipinski definition) is 5. The summed E-state index contributed by atoms with van der Waals surface area (Å²) in [5, 5.41) is 21.9. The molecule has 1 aliphatic heterocycles. The van der Waals surface area contributed by atoms with Crippen LogP contribution in [0.3, 0.4) is 0 Å². The van der Waals surface area contributed by atoms with E-state index in [0.717, 1.165) is 16.6 Å². The summed E-state index contributed by atoms with van der Waals surface area (Å²) >= 11 is 0. The number of nitrogens with one attached hydrogen (secondary N) is 1. The first kappa shape index (κ1) is 17.0. The summed E-state index contributed by atoms with van der Waals surface area (Å²) in [6.45, 7) is 5.39. The molecule has 0 radical (unpaired) electrons. The number of hydrogen-bond donors (Lipinski definition) is 2. The van der Waals surface area contributed by atoms with Gasteiger partial charge in [0.2, 0.25) is 0 Å². The van der Waals surface area contributed by atoms with E-state index in [1.165, 1.54) is 9.70 Å². The van der Waals surface area contributed by atoms with Crippen LogP contribution in [0.4, 0.5) is 4.79 Å². The van der Waals surface area contributed by atoms with E-state index in [0.29, 0.717) is 11.3 Å². The van der Waals surface area contributed by atoms with Gasteiger partial charge in [0.15, 0.2) is 0 Å². The molecule has 3 amide bonds. The summed E-state index contributed by atoms with van der Waals surface area (Å²) in [7, 11) is 0. The highest BCUT2D eigenvalue weighted by Crippen LogP contribution is 2.30. The number of phenols is 1. The molecule has 27 heavy (non-hydrogen) atoms. The van der Waals surface area contributed by atoms with E-state index in [4.69, 9.17) is 0 Å². The van der Waals surface area contributed by atoms with Crippen molar-refractivity contribution < 1.29 is 14.7 Å². The molecule has 3 aromatic rings. The number of carbonyl (C=O) groups excluding carboxylic acids is 2. The number of imide groups is 1. The molecule has 0 atom stereocenters. The molecule has 2 N–H and O–H groups in total. The quantitative estimate of drug-likeness (QED) is 0.694. The lowest BCUT2D eigenvalue weighted by Crippen LogP contribution is -2.43. The predicted octanol–water partition coefficient (Wildman–Crippen LogP) is 2.26. The van der Waals surface area contributed by atoms with Gasteiger partial charge in [0.25, 0.3) is 5.91 Å². The molecular formula is C19H19N5O3. The summed E-state index contributed by atoms with van der Waals surface area (Å²) < 4.78 is 0. The summed E-state index contributed by atoms with van der Waals surface area (Å²) in [4.78, 5) is 26.8. The lowest BCUT2D eigenvalue weighted by Gasteiger charge is -2.28. The number of benzene rings is 2. The van der Waals surface area contributed by atoms with Gasteiger partial charge in [0, 0.05) is 5.56 Å². The van der Waals surface area contributed by atoms with E-state index in [1.54, 1.807) is 32.0 Å². The number of amides is 3. The number of aromatic nitrogens is 3. The number of carbonyl (C=O) groups is 2. The Morgan fingerprint density at radius 2 is 1.85 bits per heavy atom. The van der Waals surface area contributed by atoms with Gasteiger partial charge < -0.3 is 10.0 Å². The third kappa shape index (κ3) is 2.69. The molecule has 4 rings (SSSR count). The van der Waals surface area contributed by atoms with Crippen LogP contribution in [-0.2, 0) is 11.3 Å². The number of nitrogens with zero attached hydrogens (tertiary/aromatic N) is 4. The van der Waals surface area contributed by atoms with Crippen LogP contribution in [0.1, 0.15) is 25.0 Å². The minimum Gasteiger partial charge on any atom is -0.505 e. The number of rotatable bonds is 3. The zero-order chi connectivity index (χ0) is 19.3. The second-order valence-electron chi connectivity index (χ2n) is 7.17. The van der Waals surface area contributed by atoms with E-state index in [1.807, 2.05) is 25.1 Å². The molecule has 138 valence electrons. The normalized spacial score (nSPS) is 16.2. The van der Waals surface area contributed by atoms with Crippen molar-refractivity contribution in [3.05, 3.63) is 47.5 Å². The van der Waals surface area contributed by atoms with E-state index in [9.17, 15) is 14.7 Å². The lowest BCUT2D eigenvalue weighted by molar-refractivity contribution is -0.125. The van der Waals surface area contributed by atoms with Gasteiger partial charge in [-0.1, -0.05) is 18.2 Å². The minimum atomic E-state index is -0.990. The Kier molecular flexibility index (Phi) is 3.66. The van der Waals surface area contributed by atoms with Crippen LogP contribution < -0.4 is 5.32 Å². The Bertz CT molecular complexity index is 1090. The highest BCUT2D eigenvalue weighted by molar-refractivity contribution is 6.06. The summed E-state index contributed by atoms with van der Waals surface area (Å²) in [6, 6.07) is 10.4. The van der Waals surface area contributed by atoms with E-state index in [2.05, 4.69) is 15.5 Å². The first-order chi connectivity index (χ1) is 12.8. The van der Waals surface area contributed by atoms with Gasteiger partial charge in [-0.05, 0) is 44.5 Å². The number of aryl methyl sites for hydroxylation is 1. The Balaban J connectivity index is 1.72. The first-order valence-corrected chi connectivity index (χ1v) is 8.55. The molecule has 2 heterocycles. The Morgan fingerprint density at radius 1 is 1.11 bits per heavy atom. The fraction of sp³-hybridized carbons (Fsp3) is 0.263. The summed E-state index contributed by atoms with van der Waals surface area (Å²) in [6.07, 6.45) is 0. The Morgan fingerprint density at radius 3 is 2.56 bits per heavy atom. The molecule has 1 fully saturated rings. The van der Waals surface area contributed by atoms with Crippen LogP contribution in [-0.4, -0.2) is 42.5 Å². The van der Waals surface area contributed by atoms with Crippen molar-refractivity contribution in [2.45, 2.75) is 32.9 Å². The fourth-order valence-electron chi connectivity index (χ4n) is 3.13. The zero-order valence-electron chi connectivity index (χ0n) is 15.2. The highest BCUT2D eigenvalue weighted by Gasteiger charge is 2.45. The summed E-state index contributed by atoms with van der Waals surface area (Å²) in [5.74, 6) is -0.393. The van der Waals surface area contributed by atoms with Crippen molar-refractivity contribution in [3.8, 4) is 11.4 Å². The van der Waals surface area contributed by atoms with Crippen LogP contribution in [0.5, 0.6) is 5.75 Å². The third-order valence-electron chi connectivity index (χ3n) is 4.87. The third-order valence-corrected chi connectivity index (χ3v) is 4.87. The average molecular weight is 365 g/mol.